The average Bonchev–Trinajstić information content (AvgIpc) is 3.01. The number of aliphatic imine (C=N–C) groups is 1. The average molecular weight is 695 g/mol. The van der Waals surface area contributed by atoms with Crippen LogP contribution in [0.5, 0.6) is 0 Å². The Hall–Kier alpha value is -4.25. The standard InChI is InChI=1S/C25H46N10O11S/c26-6-2-1-4-13(21(42)33-15(24(45)46)8-18(38)39)31-20(41)14(5-3-7-30-25(28)29)32-22(43)16(10-37)34-23(44)17(11-47)35-19(40)12(27)9-36/h12-17,36-37,47H,1-11,26-27H2,(H,31,41)(H,32,43)(H,33,42)(H,34,44)(H,35,40)(H,38,39)(H,45,46)(H4,28,29,30)/t12-,13-,14-,15-,16-,17-/m0/s1. The van der Waals surface area contributed by atoms with Crippen molar-refractivity contribution in [2.45, 2.75) is 74.8 Å². The van der Waals surface area contributed by atoms with Crippen molar-refractivity contribution in [3.05, 3.63) is 0 Å². The molecule has 0 radical (unpaired) electrons. The minimum atomic E-state index is -1.80. The number of rotatable bonds is 24. The van der Waals surface area contributed by atoms with E-state index in [4.69, 9.17) is 33.1 Å². The number of thiol groups is 1. The number of aliphatic hydroxyl groups is 2. The minimum Gasteiger partial charge on any atom is -0.481 e. The van der Waals surface area contributed by atoms with E-state index in [9.17, 15) is 43.8 Å². The summed E-state index contributed by atoms with van der Waals surface area (Å²) in [6, 6.07) is -8.90. The number of hydrogen-bond donors (Lipinski definition) is 14. The van der Waals surface area contributed by atoms with Crippen molar-refractivity contribution in [2.24, 2.45) is 27.9 Å². The minimum absolute atomic E-state index is 0.0251. The number of amides is 5. The van der Waals surface area contributed by atoms with E-state index >= 15 is 0 Å². The molecular weight excluding hydrogens is 648 g/mol. The summed E-state index contributed by atoms with van der Waals surface area (Å²) < 4.78 is 0. The van der Waals surface area contributed by atoms with Crippen molar-refractivity contribution in [1.82, 2.24) is 26.6 Å². The Labute approximate surface area is 275 Å². The molecule has 0 unspecified atom stereocenters. The van der Waals surface area contributed by atoms with E-state index in [2.05, 4.69) is 44.2 Å². The van der Waals surface area contributed by atoms with Gasteiger partial charge in [0.25, 0.3) is 0 Å². The Bertz CT molecular complexity index is 1110. The van der Waals surface area contributed by atoms with Gasteiger partial charge in [-0.25, -0.2) is 4.79 Å². The molecule has 0 aromatic rings. The zero-order valence-corrected chi connectivity index (χ0v) is 26.5. The van der Waals surface area contributed by atoms with Crippen LogP contribution in [0.15, 0.2) is 4.99 Å². The number of guanidine groups is 1. The fraction of sp³-hybridized carbons (Fsp3) is 0.680. The quantitative estimate of drug-likeness (QED) is 0.0193. The van der Waals surface area contributed by atoms with Gasteiger partial charge in [-0.15, -0.1) is 0 Å². The Morgan fingerprint density at radius 2 is 1.13 bits per heavy atom. The maximum Gasteiger partial charge on any atom is 0.326 e. The maximum atomic E-state index is 13.4. The molecule has 0 bridgehead atoms. The molecule has 6 atom stereocenters. The van der Waals surface area contributed by atoms with E-state index in [1.54, 1.807) is 0 Å². The molecule has 0 aliphatic heterocycles. The highest BCUT2D eigenvalue weighted by Gasteiger charge is 2.32. The third kappa shape index (κ3) is 17.3. The first-order valence-corrected chi connectivity index (χ1v) is 15.0. The van der Waals surface area contributed by atoms with Gasteiger partial charge in [0.1, 0.15) is 36.3 Å². The van der Waals surface area contributed by atoms with Crippen LogP contribution in [0, 0.1) is 0 Å². The molecule has 22 heteroatoms. The summed E-state index contributed by atoms with van der Waals surface area (Å²) in [4.78, 5) is 90.5. The summed E-state index contributed by atoms with van der Waals surface area (Å²) in [6.07, 6.45) is -0.244. The van der Waals surface area contributed by atoms with Crippen LogP contribution in [-0.4, -0.2) is 136 Å². The molecule has 0 saturated heterocycles. The van der Waals surface area contributed by atoms with E-state index in [0.717, 1.165) is 0 Å². The third-order valence-electron chi connectivity index (χ3n) is 6.32. The molecule has 21 nitrogen and oxygen atoms in total. The second kappa shape index (κ2) is 23.1. The Morgan fingerprint density at radius 3 is 1.57 bits per heavy atom. The summed E-state index contributed by atoms with van der Waals surface area (Å²) >= 11 is 3.98. The topological polar surface area (TPSA) is 377 Å². The van der Waals surface area contributed by atoms with Gasteiger partial charge >= 0.3 is 11.9 Å². The van der Waals surface area contributed by atoms with Crippen LogP contribution in [0.25, 0.3) is 0 Å². The molecule has 5 amide bonds. The van der Waals surface area contributed by atoms with Crippen molar-refractivity contribution in [3.63, 3.8) is 0 Å². The van der Waals surface area contributed by atoms with Crippen LogP contribution < -0.4 is 49.5 Å². The van der Waals surface area contributed by atoms with Gasteiger partial charge < -0.3 is 69.9 Å². The largest absolute Gasteiger partial charge is 0.481 e. The predicted molar refractivity (Wildman–Crippen MR) is 168 cm³/mol. The van der Waals surface area contributed by atoms with Gasteiger partial charge in [0.2, 0.25) is 29.5 Å². The lowest BCUT2D eigenvalue weighted by Gasteiger charge is -2.26. The van der Waals surface area contributed by atoms with Crippen LogP contribution in [-0.2, 0) is 33.6 Å². The van der Waals surface area contributed by atoms with Crippen LogP contribution in [0.3, 0.4) is 0 Å². The first-order chi connectivity index (χ1) is 22.1. The number of carbonyl (C=O) groups excluding carboxylic acids is 5. The molecule has 0 fully saturated rings. The van der Waals surface area contributed by atoms with Crippen LogP contribution >= 0.6 is 12.6 Å². The number of carboxylic acid groups (broad SMARTS) is 2. The fourth-order valence-electron chi connectivity index (χ4n) is 3.75. The number of nitrogens with two attached hydrogens (primary N) is 4. The predicted octanol–water partition coefficient (Wildman–Crippen LogP) is -6.61. The Kier molecular flexibility index (Phi) is 21.0. The van der Waals surface area contributed by atoms with Crippen molar-refractivity contribution in [2.75, 3.05) is 32.1 Å². The SMILES string of the molecule is NCCCC[C@H](NC(=O)[C@H](CCCN=C(N)N)NC(=O)[C@H](CO)NC(=O)[C@H](CS)NC(=O)[C@@H](N)CO)C(=O)N[C@@H](CC(=O)O)C(=O)O. The lowest BCUT2D eigenvalue weighted by atomic mass is 10.0. The molecule has 0 aromatic heterocycles. The number of carboxylic acids is 2. The number of hydrogen-bond acceptors (Lipinski definition) is 13. The van der Waals surface area contributed by atoms with Crippen LogP contribution in [0.4, 0.5) is 0 Å². The van der Waals surface area contributed by atoms with Crippen molar-refractivity contribution < 1.29 is 54.0 Å². The van der Waals surface area contributed by atoms with E-state index in [-0.39, 0.29) is 44.1 Å². The van der Waals surface area contributed by atoms with Crippen LogP contribution in [0.2, 0.25) is 0 Å². The molecule has 47 heavy (non-hydrogen) atoms. The van der Waals surface area contributed by atoms with Gasteiger partial charge in [-0.2, -0.15) is 12.6 Å². The molecule has 17 N–H and O–H groups in total. The zero-order valence-electron chi connectivity index (χ0n) is 25.6. The number of carbonyl (C=O) groups is 7. The van der Waals surface area contributed by atoms with E-state index < -0.39 is 97.4 Å². The van der Waals surface area contributed by atoms with Gasteiger partial charge in [-0.1, -0.05) is 0 Å². The lowest BCUT2D eigenvalue weighted by Crippen LogP contribution is -2.60. The highest BCUT2D eigenvalue weighted by Crippen LogP contribution is 2.07. The molecule has 268 valence electrons. The van der Waals surface area contributed by atoms with E-state index in [0.29, 0.717) is 12.8 Å². The maximum absolute atomic E-state index is 13.4. The van der Waals surface area contributed by atoms with Crippen molar-refractivity contribution >= 4 is 60.1 Å². The van der Waals surface area contributed by atoms with Gasteiger partial charge in [0.15, 0.2) is 5.96 Å². The van der Waals surface area contributed by atoms with Gasteiger partial charge in [0.05, 0.1) is 19.6 Å². The van der Waals surface area contributed by atoms with E-state index in [1.807, 2.05) is 0 Å². The second-order valence-corrected chi connectivity index (χ2v) is 10.5. The molecule has 0 spiro atoms. The third-order valence-corrected chi connectivity index (χ3v) is 6.68. The molecule has 0 rings (SSSR count). The monoisotopic (exact) mass is 694 g/mol. The summed E-state index contributed by atoms with van der Waals surface area (Å²) in [7, 11) is 0. The first kappa shape index (κ1) is 42.8. The van der Waals surface area contributed by atoms with Crippen LogP contribution in [0.1, 0.15) is 38.5 Å². The number of nitrogens with zero attached hydrogens (tertiary/aromatic N) is 1. The summed E-state index contributed by atoms with van der Waals surface area (Å²) in [5.41, 5.74) is 21.6. The van der Waals surface area contributed by atoms with Gasteiger partial charge in [0, 0.05) is 12.3 Å². The lowest BCUT2D eigenvalue weighted by molar-refractivity contribution is -0.147. The molecule has 0 saturated carbocycles. The summed E-state index contributed by atoms with van der Waals surface area (Å²) in [6.45, 7) is -1.40. The zero-order chi connectivity index (χ0) is 36.1. The Balaban J connectivity index is 5.99. The highest BCUT2D eigenvalue weighted by atomic mass is 32.1. The summed E-state index contributed by atoms with van der Waals surface area (Å²) in [5, 5.41) is 48.5. The van der Waals surface area contributed by atoms with Crippen molar-refractivity contribution in [3.8, 4) is 0 Å². The first-order valence-electron chi connectivity index (χ1n) is 14.4. The van der Waals surface area contributed by atoms with Gasteiger partial charge in [-0.05, 0) is 38.6 Å². The number of aliphatic carboxylic acids is 2. The Morgan fingerprint density at radius 1 is 0.660 bits per heavy atom. The van der Waals surface area contributed by atoms with Crippen molar-refractivity contribution in [1.29, 1.82) is 0 Å². The summed E-state index contributed by atoms with van der Waals surface area (Å²) in [5.74, 6) is -8.42. The molecule has 0 aromatic carbocycles. The second-order valence-electron chi connectivity index (χ2n) is 10.1. The number of unbranched alkanes of at least 4 members (excludes halogenated alkanes) is 1. The molecule has 0 heterocycles. The molecule has 0 aliphatic carbocycles. The molecular formula is C25H46N10O11S. The normalized spacial score (nSPS) is 14.6. The fourth-order valence-corrected chi connectivity index (χ4v) is 4.00. The number of aliphatic hydroxyl groups excluding tert-OH is 2. The van der Waals surface area contributed by atoms with E-state index in [1.165, 1.54) is 0 Å². The molecule has 0 aliphatic rings. The highest BCUT2D eigenvalue weighted by molar-refractivity contribution is 7.80. The number of nitrogens with one attached hydrogen (secondary N) is 5. The smallest absolute Gasteiger partial charge is 0.326 e. The van der Waals surface area contributed by atoms with Gasteiger partial charge in [-0.3, -0.25) is 33.8 Å².